The fourth-order valence-electron chi connectivity index (χ4n) is 3.55. The molecule has 0 radical (unpaired) electrons. The topological polar surface area (TPSA) is 53.4 Å². The SMILES string of the molecule is CCCCOc1ccc(/C=C2\CCn3c2nc2cc(Cl)ccc2c3=O)cc1OC. The van der Waals surface area contributed by atoms with Crippen LogP contribution >= 0.6 is 11.6 Å². The Bertz CT molecular complexity index is 1150. The van der Waals surface area contributed by atoms with Crippen molar-refractivity contribution in [3.63, 3.8) is 0 Å². The Morgan fingerprint density at radius 2 is 2.07 bits per heavy atom. The molecule has 4 rings (SSSR count). The molecule has 0 spiro atoms. The number of hydrogen-bond donors (Lipinski definition) is 0. The maximum absolute atomic E-state index is 12.8. The normalized spacial score (nSPS) is 14.4. The Kier molecular flexibility index (Phi) is 5.58. The van der Waals surface area contributed by atoms with Crippen LogP contribution in [-0.4, -0.2) is 23.3 Å². The van der Waals surface area contributed by atoms with E-state index >= 15 is 0 Å². The molecule has 0 amide bonds. The van der Waals surface area contributed by atoms with Crippen molar-refractivity contribution in [2.45, 2.75) is 32.7 Å². The van der Waals surface area contributed by atoms with Gasteiger partial charge in [-0.25, -0.2) is 4.98 Å². The lowest BCUT2D eigenvalue weighted by molar-refractivity contribution is 0.288. The van der Waals surface area contributed by atoms with E-state index in [1.165, 1.54) is 0 Å². The predicted octanol–water partition coefficient (Wildman–Crippen LogP) is 5.18. The van der Waals surface area contributed by atoms with Crippen molar-refractivity contribution in [3.8, 4) is 11.5 Å². The average Bonchev–Trinajstić information content (AvgIpc) is 3.11. The Labute approximate surface area is 174 Å². The van der Waals surface area contributed by atoms with E-state index in [4.69, 9.17) is 26.1 Å². The van der Waals surface area contributed by atoms with Crippen LogP contribution in [-0.2, 0) is 6.54 Å². The first-order chi connectivity index (χ1) is 14.1. The molecule has 3 aromatic rings. The average molecular weight is 411 g/mol. The van der Waals surface area contributed by atoms with E-state index in [0.29, 0.717) is 40.7 Å². The summed E-state index contributed by atoms with van der Waals surface area (Å²) in [5, 5.41) is 1.16. The van der Waals surface area contributed by atoms with Crippen LogP contribution in [0.4, 0.5) is 0 Å². The first-order valence-corrected chi connectivity index (χ1v) is 10.2. The number of aromatic nitrogens is 2. The van der Waals surface area contributed by atoms with Crippen LogP contribution in [0.1, 0.15) is 37.6 Å². The highest BCUT2D eigenvalue weighted by atomic mass is 35.5. The van der Waals surface area contributed by atoms with E-state index in [0.717, 1.165) is 36.1 Å². The molecule has 6 heteroatoms. The van der Waals surface area contributed by atoms with Crippen LogP contribution in [0.3, 0.4) is 0 Å². The maximum Gasteiger partial charge on any atom is 0.261 e. The van der Waals surface area contributed by atoms with Crippen LogP contribution < -0.4 is 15.0 Å². The van der Waals surface area contributed by atoms with Crippen molar-refractivity contribution in [2.24, 2.45) is 0 Å². The fraction of sp³-hybridized carbons (Fsp3) is 0.304. The minimum absolute atomic E-state index is 0.0256. The number of methoxy groups -OCH3 is 1. The highest BCUT2D eigenvalue weighted by Gasteiger charge is 2.21. The van der Waals surface area contributed by atoms with Crippen LogP contribution in [0.15, 0.2) is 41.2 Å². The molecule has 2 heterocycles. The van der Waals surface area contributed by atoms with E-state index in [1.54, 1.807) is 29.9 Å². The van der Waals surface area contributed by atoms with Gasteiger partial charge in [-0.2, -0.15) is 0 Å². The smallest absolute Gasteiger partial charge is 0.261 e. The molecule has 1 aromatic heterocycles. The van der Waals surface area contributed by atoms with Crippen molar-refractivity contribution >= 4 is 34.2 Å². The molecule has 0 bridgehead atoms. The van der Waals surface area contributed by atoms with Crippen molar-refractivity contribution < 1.29 is 9.47 Å². The number of hydrogen-bond acceptors (Lipinski definition) is 4. The Balaban J connectivity index is 1.70. The molecule has 0 aliphatic carbocycles. The van der Waals surface area contributed by atoms with E-state index in [1.807, 2.05) is 18.2 Å². The molecule has 29 heavy (non-hydrogen) atoms. The molecule has 150 valence electrons. The zero-order valence-electron chi connectivity index (χ0n) is 16.6. The summed E-state index contributed by atoms with van der Waals surface area (Å²) in [6, 6.07) is 11.1. The predicted molar refractivity (Wildman–Crippen MR) is 117 cm³/mol. The van der Waals surface area contributed by atoms with Crippen molar-refractivity contribution in [1.29, 1.82) is 0 Å². The summed E-state index contributed by atoms with van der Waals surface area (Å²) in [5.41, 5.74) is 2.60. The van der Waals surface area contributed by atoms with Crippen molar-refractivity contribution in [2.75, 3.05) is 13.7 Å². The van der Waals surface area contributed by atoms with Crippen molar-refractivity contribution in [3.05, 3.63) is 63.2 Å². The third kappa shape index (κ3) is 3.87. The Morgan fingerprint density at radius 3 is 2.86 bits per heavy atom. The molecular formula is C23H23ClN2O3. The molecule has 0 N–H and O–H groups in total. The first-order valence-electron chi connectivity index (χ1n) is 9.82. The summed E-state index contributed by atoms with van der Waals surface area (Å²) in [7, 11) is 1.64. The largest absolute Gasteiger partial charge is 0.493 e. The van der Waals surface area contributed by atoms with Gasteiger partial charge >= 0.3 is 0 Å². The molecular weight excluding hydrogens is 388 g/mol. The van der Waals surface area contributed by atoms with E-state index in [9.17, 15) is 4.79 Å². The van der Waals surface area contributed by atoms with Gasteiger partial charge in [0.2, 0.25) is 0 Å². The van der Waals surface area contributed by atoms with Crippen LogP contribution in [0.25, 0.3) is 22.6 Å². The third-order valence-electron chi connectivity index (χ3n) is 5.09. The van der Waals surface area contributed by atoms with E-state index in [-0.39, 0.29) is 5.56 Å². The summed E-state index contributed by atoms with van der Waals surface area (Å²) in [5.74, 6) is 2.14. The quantitative estimate of drug-likeness (QED) is 0.525. The molecule has 0 atom stereocenters. The second-order valence-electron chi connectivity index (χ2n) is 7.09. The number of unbranched alkanes of at least 4 members (excludes halogenated alkanes) is 1. The molecule has 0 unspecified atom stereocenters. The number of fused-ring (bicyclic) bond motifs is 2. The third-order valence-corrected chi connectivity index (χ3v) is 5.33. The van der Waals surface area contributed by atoms with Gasteiger partial charge in [-0.05, 0) is 60.4 Å². The molecule has 0 fully saturated rings. The number of benzene rings is 2. The zero-order valence-corrected chi connectivity index (χ0v) is 17.3. The van der Waals surface area contributed by atoms with Gasteiger partial charge in [-0.3, -0.25) is 9.36 Å². The minimum atomic E-state index is -0.0256. The highest BCUT2D eigenvalue weighted by Crippen LogP contribution is 2.32. The van der Waals surface area contributed by atoms with Gasteiger partial charge < -0.3 is 9.47 Å². The molecule has 5 nitrogen and oxygen atoms in total. The lowest BCUT2D eigenvalue weighted by atomic mass is 10.1. The van der Waals surface area contributed by atoms with Crippen LogP contribution in [0.5, 0.6) is 11.5 Å². The minimum Gasteiger partial charge on any atom is -0.493 e. The lowest BCUT2D eigenvalue weighted by Crippen LogP contribution is -2.20. The first kappa shape index (κ1) is 19.5. The van der Waals surface area contributed by atoms with E-state index in [2.05, 4.69) is 13.0 Å². The Morgan fingerprint density at radius 1 is 1.21 bits per heavy atom. The monoisotopic (exact) mass is 410 g/mol. The number of halogens is 1. The van der Waals surface area contributed by atoms with Gasteiger partial charge in [-0.1, -0.05) is 31.0 Å². The molecule has 1 aliphatic rings. The molecule has 2 aromatic carbocycles. The molecule has 0 saturated carbocycles. The van der Waals surface area contributed by atoms with Gasteiger partial charge in [-0.15, -0.1) is 0 Å². The second kappa shape index (κ2) is 8.29. The number of ether oxygens (including phenoxy) is 2. The molecule has 1 aliphatic heterocycles. The molecule has 0 saturated heterocycles. The fourth-order valence-corrected chi connectivity index (χ4v) is 3.71. The zero-order chi connectivity index (χ0) is 20.4. The Hall–Kier alpha value is -2.79. The maximum atomic E-state index is 12.8. The lowest BCUT2D eigenvalue weighted by Gasteiger charge is -2.11. The standard InChI is InChI=1S/C23H23ClN2O3/c1-3-4-11-29-20-8-5-15(13-21(20)28-2)12-16-9-10-26-22(16)25-19-14-17(24)6-7-18(19)23(26)27/h5-8,12-14H,3-4,9-11H2,1-2H3/b16-12+. The van der Waals surface area contributed by atoms with Gasteiger partial charge in [0.1, 0.15) is 5.82 Å². The second-order valence-corrected chi connectivity index (χ2v) is 7.52. The summed E-state index contributed by atoms with van der Waals surface area (Å²) in [4.78, 5) is 17.5. The van der Waals surface area contributed by atoms with Gasteiger partial charge in [0.05, 0.1) is 24.6 Å². The number of rotatable bonds is 6. The number of allylic oxidation sites excluding steroid dienone is 1. The van der Waals surface area contributed by atoms with E-state index < -0.39 is 0 Å². The highest BCUT2D eigenvalue weighted by molar-refractivity contribution is 6.31. The van der Waals surface area contributed by atoms with Crippen molar-refractivity contribution in [1.82, 2.24) is 9.55 Å². The van der Waals surface area contributed by atoms with Crippen LogP contribution in [0.2, 0.25) is 5.02 Å². The summed E-state index contributed by atoms with van der Waals surface area (Å²) < 4.78 is 13.0. The summed E-state index contributed by atoms with van der Waals surface area (Å²) in [6.07, 6.45) is 4.89. The number of nitrogens with zero attached hydrogens (tertiary/aromatic N) is 2. The van der Waals surface area contributed by atoms with Crippen LogP contribution in [0, 0.1) is 0 Å². The van der Waals surface area contributed by atoms with Gasteiger partial charge in [0, 0.05) is 11.6 Å². The summed E-state index contributed by atoms with van der Waals surface area (Å²) >= 11 is 6.09. The van der Waals surface area contributed by atoms with Gasteiger partial charge in [0.15, 0.2) is 11.5 Å². The van der Waals surface area contributed by atoms with Gasteiger partial charge in [0.25, 0.3) is 5.56 Å². The summed E-state index contributed by atoms with van der Waals surface area (Å²) in [6.45, 7) is 3.43.